The molecule has 178 valence electrons. The van der Waals surface area contributed by atoms with Crippen LogP contribution in [0.25, 0.3) is 0 Å². The summed E-state index contributed by atoms with van der Waals surface area (Å²) in [7, 11) is 0. The molecule has 1 aromatic heterocycles. The molecule has 3 aromatic rings. The van der Waals surface area contributed by atoms with E-state index < -0.39 is 0 Å². The van der Waals surface area contributed by atoms with Crippen molar-refractivity contribution in [2.24, 2.45) is 0 Å². The number of anilines is 1. The molecule has 1 aliphatic rings. The summed E-state index contributed by atoms with van der Waals surface area (Å²) < 4.78 is 5.41. The van der Waals surface area contributed by atoms with E-state index in [9.17, 15) is 4.79 Å². The molecule has 1 saturated heterocycles. The van der Waals surface area contributed by atoms with E-state index in [1.807, 2.05) is 13.8 Å². The van der Waals surface area contributed by atoms with Gasteiger partial charge in [0.25, 0.3) is 0 Å². The number of hydrogen-bond donors (Lipinski definition) is 0. The zero-order valence-electron chi connectivity index (χ0n) is 20.3. The maximum atomic E-state index is 12.5. The number of carbonyl (C=O) groups is 1. The highest BCUT2D eigenvalue weighted by Gasteiger charge is 2.23. The Bertz CT molecular complexity index is 1040. The molecule has 0 spiro atoms. The Morgan fingerprint density at radius 2 is 1.50 bits per heavy atom. The molecular weight excluding hydrogens is 422 g/mol. The van der Waals surface area contributed by atoms with Gasteiger partial charge in [-0.2, -0.15) is 0 Å². The number of pyridine rings is 1. The standard InChI is InChI=1S/C29H35N3O2/c1-23(2)34-29(33)27-12-7-17-30-28(27)32-20-18-31(19-21-32)22-26-15-13-25(14-16-26)11-6-10-24-8-4-3-5-9-24/h3-5,7-9,12-17,23H,6,10-11,18-22H2,1-2H3. The summed E-state index contributed by atoms with van der Waals surface area (Å²) in [5.41, 5.74) is 4.71. The maximum absolute atomic E-state index is 12.5. The average Bonchev–Trinajstić information content (AvgIpc) is 2.86. The first kappa shape index (κ1) is 24.0. The van der Waals surface area contributed by atoms with Crippen LogP contribution in [0.15, 0.2) is 72.9 Å². The fourth-order valence-electron chi connectivity index (χ4n) is 4.41. The lowest BCUT2D eigenvalue weighted by molar-refractivity contribution is 0.0378. The minimum atomic E-state index is -0.301. The van der Waals surface area contributed by atoms with Crippen molar-refractivity contribution in [1.29, 1.82) is 0 Å². The summed E-state index contributed by atoms with van der Waals surface area (Å²) in [6.45, 7) is 8.24. The molecule has 0 aliphatic carbocycles. The Kier molecular flexibility index (Phi) is 8.31. The fourth-order valence-corrected chi connectivity index (χ4v) is 4.41. The SMILES string of the molecule is CC(C)OC(=O)c1cccnc1N1CCN(Cc2ccc(CCCc3ccccc3)cc2)CC1. The van der Waals surface area contributed by atoms with Crippen LogP contribution in [-0.4, -0.2) is 48.1 Å². The second-order valence-electron chi connectivity index (χ2n) is 9.25. The smallest absolute Gasteiger partial charge is 0.342 e. The maximum Gasteiger partial charge on any atom is 0.342 e. The lowest BCUT2D eigenvalue weighted by Crippen LogP contribution is -2.46. The summed E-state index contributed by atoms with van der Waals surface area (Å²) in [5, 5.41) is 0. The normalized spacial score (nSPS) is 14.4. The summed E-state index contributed by atoms with van der Waals surface area (Å²) in [4.78, 5) is 21.7. The predicted octanol–water partition coefficient (Wildman–Crippen LogP) is 5.14. The average molecular weight is 458 g/mol. The molecule has 5 nitrogen and oxygen atoms in total. The molecule has 5 heteroatoms. The zero-order valence-corrected chi connectivity index (χ0v) is 20.3. The number of benzene rings is 2. The van der Waals surface area contributed by atoms with Gasteiger partial charge in [-0.25, -0.2) is 9.78 Å². The van der Waals surface area contributed by atoms with Gasteiger partial charge >= 0.3 is 5.97 Å². The molecule has 0 radical (unpaired) electrons. The van der Waals surface area contributed by atoms with Crippen molar-refractivity contribution in [3.05, 3.63) is 95.2 Å². The summed E-state index contributed by atoms with van der Waals surface area (Å²) >= 11 is 0. The van der Waals surface area contributed by atoms with E-state index in [4.69, 9.17) is 4.74 Å². The number of aromatic nitrogens is 1. The highest BCUT2D eigenvalue weighted by Crippen LogP contribution is 2.21. The lowest BCUT2D eigenvalue weighted by atomic mass is 10.0. The largest absolute Gasteiger partial charge is 0.459 e. The van der Waals surface area contributed by atoms with Crippen molar-refractivity contribution in [2.75, 3.05) is 31.1 Å². The Balaban J connectivity index is 1.26. The number of aryl methyl sites for hydroxylation is 2. The van der Waals surface area contributed by atoms with E-state index in [0.29, 0.717) is 5.56 Å². The quantitative estimate of drug-likeness (QED) is 0.416. The molecule has 2 heterocycles. The molecule has 0 unspecified atom stereocenters. The molecule has 0 bridgehead atoms. The van der Waals surface area contributed by atoms with Crippen molar-refractivity contribution in [3.8, 4) is 0 Å². The van der Waals surface area contributed by atoms with Gasteiger partial charge in [-0.15, -0.1) is 0 Å². The Hall–Kier alpha value is -3.18. The third-order valence-corrected chi connectivity index (χ3v) is 6.22. The second kappa shape index (κ2) is 11.8. The Labute approximate surface area is 203 Å². The first-order chi connectivity index (χ1) is 16.6. The van der Waals surface area contributed by atoms with Gasteiger partial charge in [0.2, 0.25) is 0 Å². The number of piperazine rings is 1. The van der Waals surface area contributed by atoms with Crippen LogP contribution in [-0.2, 0) is 24.1 Å². The van der Waals surface area contributed by atoms with Crippen LogP contribution in [0.2, 0.25) is 0 Å². The van der Waals surface area contributed by atoms with Crippen molar-refractivity contribution in [1.82, 2.24) is 9.88 Å². The third kappa shape index (κ3) is 6.67. The zero-order chi connectivity index (χ0) is 23.8. The van der Waals surface area contributed by atoms with Crippen molar-refractivity contribution < 1.29 is 9.53 Å². The second-order valence-corrected chi connectivity index (χ2v) is 9.25. The van der Waals surface area contributed by atoms with Crippen molar-refractivity contribution in [2.45, 2.75) is 45.8 Å². The van der Waals surface area contributed by atoms with Crippen molar-refractivity contribution in [3.63, 3.8) is 0 Å². The first-order valence-corrected chi connectivity index (χ1v) is 12.3. The van der Waals surface area contributed by atoms with Crippen LogP contribution in [0.1, 0.15) is 47.3 Å². The van der Waals surface area contributed by atoms with E-state index in [2.05, 4.69) is 69.4 Å². The van der Waals surface area contributed by atoms with Crippen LogP contribution in [0.4, 0.5) is 5.82 Å². The number of esters is 1. The summed E-state index contributed by atoms with van der Waals surface area (Å²) in [5.74, 6) is 0.428. The molecule has 4 rings (SSSR count). The van der Waals surface area contributed by atoms with Gasteiger partial charge in [0.15, 0.2) is 0 Å². The predicted molar refractivity (Wildman–Crippen MR) is 137 cm³/mol. The minimum Gasteiger partial charge on any atom is -0.459 e. The summed E-state index contributed by atoms with van der Waals surface area (Å²) in [6.07, 6.45) is 5.01. The monoisotopic (exact) mass is 457 g/mol. The highest BCUT2D eigenvalue weighted by molar-refractivity contribution is 5.94. The molecular formula is C29H35N3O2. The first-order valence-electron chi connectivity index (χ1n) is 12.3. The number of carbonyl (C=O) groups excluding carboxylic acids is 1. The molecule has 0 N–H and O–H groups in total. The minimum absolute atomic E-state index is 0.146. The molecule has 34 heavy (non-hydrogen) atoms. The lowest BCUT2D eigenvalue weighted by Gasteiger charge is -2.36. The summed E-state index contributed by atoms with van der Waals surface area (Å²) in [6, 6.07) is 23.4. The molecule has 1 aliphatic heterocycles. The Morgan fingerprint density at radius 3 is 2.18 bits per heavy atom. The van der Waals surface area contributed by atoms with Gasteiger partial charge in [-0.05, 0) is 61.9 Å². The van der Waals surface area contributed by atoms with Crippen molar-refractivity contribution >= 4 is 11.8 Å². The molecule has 0 saturated carbocycles. The van der Waals surface area contributed by atoms with Gasteiger partial charge in [0.05, 0.1) is 6.10 Å². The number of hydrogen-bond acceptors (Lipinski definition) is 5. The molecule has 0 amide bonds. The third-order valence-electron chi connectivity index (χ3n) is 6.22. The van der Waals surface area contributed by atoms with E-state index in [1.165, 1.54) is 23.1 Å². The number of ether oxygens (including phenoxy) is 1. The van der Waals surface area contributed by atoms with E-state index in [-0.39, 0.29) is 12.1 Å². The Morgan fingerprint density at radius 1 is 0.853 bits per heavy atom. The van der Waals surface area contributed by atoms with Crippen LogP contribution in [0, 0.1) is 0 Å². The molecule has 1 fully saturated rings. The molecule has 2 aromatic carbocycles. The van der Waals surface area contributed by atoms with Crippen LogP contribution < -0.4 is 4.90 Å². The topological polar surface area (TPSA) is 45.7 Å². The van der Waals surface area contributed by atoms with Gasteiger partial charge in [-0.1, -0.05) is 54.6 Å². The van der Waals surface area contributed by atoms with E-state index in [1.54, 1.807) is 18.3 Å². The van der Waals surface area contributed by atoms with Gasteiger partial charge in [0.1, 0.15) is 11.4 Å². The van der Waals surface area contributed by atoms with Gasteiger partial charge < -0.3 is 9.64 Å². The van der Waals surface area contributed by atoms with E-state index >= 15 is 0 Å². The van der Waals surface area contributed by atoms with Gasteiger partial charge in [0, 0.05) is 38.9 Å². The van der Waals surface area contributed by atoms with Gasteiger partial charge in [-0.3, -0.25) is 4.90 Å². The highest BCUT2D eigenvalue weighted by atomic mass is 16.5. The number of rotatable bonds is 9. The molecule has 0 atom stereocenters. The van der Waals surface area contributed by atoms with E-state index in [0.717, 1.165) is 51.4 Å². The fraction of sp³-hybridized carbons (Fsp3) is 0.379. The van der Waals surface area contributed by atoms with Crippen LogP contribution >= 0.6 is 0 Å². The van der Waals surface area contributed by atoms with Crippen LogP contribution in [0.3, 0.4) is 0 Å². The number of nitrogens with zero attached hydrogens (tertiary/aromatic N) is 3. The van der Waals surface area contributed by atoms with Crippen LogP contribution in [0.5, 0.6) is 0 Å².